The molecule has 3 unspecified atom stereocenters. The van der Waals surface area contributed by atoms with Gasteiger partial charge in [0.25, 0.3) is 0 Å². The van der Waals surface area contributed by atoms with Crippen molar-refractivity contribution in [3.8, 4) is 0 Å². The van der Waals surface area contributed by atoms with Gasteiger partial charge >= 0.3 is 5.97 Å². The minimum absolute atomic E-state index is 0.0238. The molecule has 0 aromatic rings. The van der Waals surface area contributed by atoms with Gasteiger partial charge in [0, 0.05) is 50.4 Å². The van der Waals surface area contributed by atoms with Crippen molar-refractivity contribution in [1.82, 2.24) is 0 Å². The Morgan fingerprint density at radius 1 is 0.710 bits per heavy atom. The Morgan fingerprint density at radius 2 is 1.41 bits per heavy atom. The molecule has 17 heteroatoms. The van der Waals surface area contributed by atoms with Crippen LogP contribution in [0.3, 0.4) is 0 Å². The fourth-order valence-electron chi connectivity index (χ4n) is 15.5. The van der Waals surface area contributed by atoms with Crippen molar-refractivity contribution in [3.05, 3.63) is 11.1 Å². The summed E-state index contributed by atoms with van der Waals surface area (Å²) in [5, 5.41) is 78.3. The lowest BCUT2D eigenvalue weighted by molar-refractivity contribution is -0.347. The van der Waals surface area contributed by atoms with Gasteiger partial charge in [-0.1, -0.05) is 38.8 Å². The molecule has 17 nitrogen and oxygen atoms in total. The lowest BCUT2D eigenvalue weighted by atomic mass is 9.43. The molecule has 7 N–H and O–H groups in total. The van der Waals surface area contributed by atoms with Crippen LogP contribution in [0.25, 0.3) is 0 Å². The number of ketones is 1. The number of hydrogen-bond acceptors (Lipinski definition) is 17. The molecule has 392 valence electrons. The van der Waals surface area contributed by atoms with Crippen LogP contribution in [0.4, 0.5) is 0 Å². The van der Waals surface area contributed by atoms with Crippen molar-refractivity contribution in [1.29, 1.82) is 0 Å². The van der Waals surface area contributed by atoms with Gasteiger partial charge in [0.2, 0.25) is 0 Å². The van der Waals surface area contributed by atoms with E-state index in [-0.39, 0.29) is 54.0 Å². The smallest absolute Gasteiger partial charge is 0.302 e. The van der Waals surface area contributed by atoms with Crippen LogP contribution in [-0.4, -0.2) is 164 Å². The number of Topliss-reactive ketones (excluding diaryl/α,β-unsaturated/α-hetero) is 1. The topological polar surface area (TPSA) is 250 Å². The summed E-state index contributed by atoms with van der Waals surface area (Å²) in [6, 6.07) is 0. The predicted octanol–water partition coefficient (Wildman–Crippen LogP) is 3.50. The first-order chi connectivity index (χ1) is 32.6. The molecule has 3 heterocycles. The largest absolute Gasteiger partial charge is 0.459 e. The molecule has 3 saturated heterocycles. The maximum atomic E-state index is 12.7. The monoisotopic (exact) mass is 979 g/mol. The van der Waals surface area contributed by atoms with Crippen LogP contribution in [0.1, 0.15) is 145 Å². The van der Waals surface area contributed by atoms with E-state index in [0.29, 0.717) is 44.4 Å². The van der Waals surface area contributed by atoms with E-state index in [9.17, 15) is 45.3 Å². The summed E-state index contributed by atoms with van der Waals surface area (Å²) in [6.07, 6.45) is -3.52. The Balaban J connectivity index is 0.754. The molecule has 9 rings (SSSR count). The van der Waals surface area contributed by atoms with Gasteiger partial charge in [0.05, 0.1) is 67.1 Å². The highest BCUT2D eigenvalue weighted by molar-refractivity contribution is 5.84. The Hall–Kier alpha value is -1.68. The van der Waals surface area contributed by atoms with E-state index in [1.165, 1.54) is 12.5 Å². The lowest BCUT2D eigenvalue weighted by Crippen LogP contribution is -2.66. The fourth-order valence-corrected chi connectivity index (χ4v) is 15.5. The number of hydrogen-bond donors (Lipinski definition) is 7. The predicted molar refractivity (Wildman–Crippen MR) is 245 cm³/mol. The minimum atomic E-state index is -1.30. The zero-order chi connectivity index (χ0) is 49.5. The van der Waals surface area contributed by atoms with Gasteiger partial charge in [-0.25, -0.2) is 0 Å². The molecule has 9 fully saturated rings. The molecular weight excluding hydrogens is 897 g/mol. The molecule has 0 spiro atoms. The number of esters is 1. The first-order valence-corrected chi connectivity index (χ1v) is 26.4. The number of aliphatic hydroxyl groups excluding tert-OH is 6. The SMILES string of the molecule is CC(=O)O[C@H]1C[C@@H](O[C@H]2[C@H](O)C[C@@H](O[C@@H]3[C@@H](C)C[C@H](O[C@@H]4CC[C@@]5(C)C(CCC6C5C[C@@H](O)[C@]5(C)C(=C7CCC(=O)C7)CC[C@]65O)C4)C[C@@H]3O)O[C@@H]2C)O[C@H](C)[C@H]1O[C@H]1O[C@H](CO)[C@@H](O)[C@H](O)[C@H]1C. The number of rotatable bonds is 10. The van der Waals surface area contributed by atoms with Crippen molar-refractivity contribution in [2.24, 2.45) is 40.4 Å². The molecule has 6 saturated carbocycles. The third-order valence-corrected chi connectivity index (χ3v) is 19.4. The normalized spacial score (nSPS) is 53.6. The maximum absolute atomic E-state index is 12.7. The average Bonchev–Trinajstić information content (AvgIpc) is 3.84. The van der Waals surface area contributed by atoms with E-state index in [2.05, 4.69) is 20.8 Å². The van der Waals surface area contributed by atoms with Gasteiger partial charge in [-0.05, 0) is 107 Å². The third-order valence-electron chi connectivity index (χ3n) is 19.4. The zero-order valence-corrected chi connectivity index (χ0v) is 41.7. The number of aliphatic hydroxyl groups is 7. The molecule has 69 heavy (non-hydrogen) atoms. The number of carbonyl (C=O) groups is 2. The second kappa shape index (κ2) is 20.2. The van der Waals surface area contributed by atoms with Crippen molar-refractivity contribution in [2.45, 2.75) is 255 Å². The fraction of sp³-hybridized carbons (Fsp3) is 0.923. The number of ether oxygens (including phenoxy) is 8. The summed E-state index contributed by atoms with van der Waals surface area (Å²) in [5.41, 5.74) is 0.612. The highest BCUT2D eigenvalue weighted by Crippen LogP contribution is 2.69. The summed E-state index contributed by atoms with van der Waals surface area (Å²) >= 11 is 0. The third kappa shape index (κ3) is 9.57. The summed E-state index contributed by atoms with van der Waals surface area (Å²) in [4.78, 5) is 24.5. The Bertz CT molecular complexity index is 1860. The lowest BCUT2D eigenvalue weighted by Gasteiger charge is -2.64. The highest BCUT2D eigenvalue weighted by Gasteiger charge is 2.69. The Labute approximate surface area is 406 Å². The standard InChI is InChI=1S/C52H82O17/c1-24-16-33(65-32-12-14-50(6)30(18-32)9-11-35-36(50)20-41(58)51(7)34(13-15-52(35,51)61)29-8-10-31(55)17-29)19-37(56)46(24)67-42-21-38(57)47(26(3)62-42)68-43-22-39(64-28(5)54)48(27(4)63-43)69-49-25(2)44(59)45(60)40(23-53)66-49/h24-27,30,32-33,35-49,53,56-61H,8-23H2,1-7H3/t24-,25+,26+,27+,30?,32+,33-,35?,36?,37-,38+,39-,40+,41+,42+,43+,44+,45+,46+,47+,48+,49+,50-,51-,52-/m0/s1. The van der Waals surface area contributed by atoms with Gasteiger partial charge < -0.3 is 73.6 Å². The van der Waals surface area contributed by atoms with Gasteiger partial charge in [-0.15, -0.1) is 0 Å². The molecule has 6 aliphatic carbocycles. The molecule has 9 aliphatic rings. The zero-order valence-electron chi connectivity index (χ0n) is 41.7. The summed E-state index contributed by atoms with van der Waals surface area (Å²) in [6.45, 7) is 12.4. The van der Waals surface area contributed by atoms with E-state index in [1.807, 2.05) is 0 Å². The molecule has 0 bridgehead atoms. The van der Waals surface area contributed by atoms with Crippen LogP contribution in [0.15, 0.2) is 11.1 Å². The van der Waals surface area contributed by atoms with Crippen LogP contribution in [0.5, 0.6) is 0 Å². The second-order valence-corrected chi connectivity index (χ2v) is 23.4. The summed E-state index contributed by atoms with van der Waals surface area (Å²) in [5.74, 6) is -0.302. The quantitative estimate of drug-likeness (QED) is 0.122. The highest BCUT2D eigenvalue weighted by atomic mass is 16.7. The average molecular weight is 979 g/mol. The van der Waals surface area contributed by atoms with Crippen LogP contribution in [0.2, 0.25) is 0 Å². The minimum Gasteiger partial charge on any atom is -0.459 e. The molecular formula is C52H82O17. The first kappa shape index (κ1) is 52.2. The van der Waals surface area contributed by atoms with Gasteiger partial charge in [-0.2, -0.15) is 0 Å². The van der Waals surface area contributed by atoms with Gasteiger partial charge in [0.15, 0.2) is 18.9 Å². The van der Waals surface area contributed by atoms with Crippen molar-refractivity contribution < 1.29 is 83.2 Å². The molecule has 0 aromatic carbocycles. The number of fused-ring (bicyclic) bond motifs is 5. The maximum Gasteiger partial charge on any atom is 0.302 e. The van der Waals surface area contributed by atoms with Crippen LogP contribution in [-0.2, 0) is 47.5 Å². The van der Waals surface area contributed by atoms with Crippen LogP contribution < -0.4 is 0 Å². The van der Waals surface area contributed by atoms with E-state index < -0.39 is 122 Å². The molecule has 0 amide bonds. The van der Waals surface area contributed by atoms with E-state index >= 15 is 0 Å². The number of carbonyl (C=O) groups excluding carboxylic acids is 2. The summed E-state index contributed by atoms with van der Waals surface area (Å²) < 4.78 is 49.7. The van der Waals surface area contributed by atoms with Crippen molar-refractivity contribution >= 4 is 11.8 Å². The number of allylic oxidation sites excluding steroid dienone is 1. The van der Waals surface area contributed by atoms with Crippen molar-refractivity contribution in [2.75, 3.05) is 6.61 Å². The van der Waals surface area contributed by atoms with E-state index in [1.54, 1.807) is 20.8 Å². The van der Waals surface area contributed by atoms with Gasteiger partial charge in [-0.3, -0.25) is 9.59 Å². The molecule has 0 radical (unpaired) electrons. The van der Waals surface area contributed by atoms with Gasteiger partial charge in [0.1, 0.15) is 36.3 Å². The van der Waals surface area contributed by atoms with Crippen molar-refractivity contribution in [3.63, 3.8) is 0 Å². The molecule has 3 aliphatic heterocycles. The van der Waals surface area contributed by atoms with E-state index in [4.69, 9.17) is 37.9 Å². The first-order valence-electron chi connectivity index (χ1n) is 26.4. The second-order valence-electron chi connectivity index (χ2n) is 23.4. The molecule has 25 atom stereocenters. The Kier molecular flexibility index (Phi) is 15.3. The van der Waals surface area contributed by atoms with E-state index in [0.717, 1.165) is 50.5 Å². The molecule has 0 aromatic heterocycles. The van der Waals surface area contributed by atoms with Crippen LogP contribution in [0, 0.1) is 40.4 Å². The van der Waals surface area contributed by atoms with Crippen LogP contribution >= 0.6 is 0 Å². The Morgan fingerprint density at radius 3 is 2.07 bits per heavy atom. The summed E-state index contributed by atoms with van der Waals surface area (Å²) in [7, 11) is 0.